The Bertz CT molecular complexity index is 898. The average Bonchev–Trinajstić information content (AvgIpc) is 2.81. The summed E-state index contributed by atoms with van der Waals surface area (Å²) in [6.07, 6.45) is 0. The third-order valence-corrected chi connectivity index (χ3v) is 4.28. The number of thiazole rings is 1. The van der Waals surface area contributed by atoms with Crippen LogP contribution in [-0.4, -0.2) is 10.9 Å². The van der Waals surface area contributed by atoms with Crippen LogP contribution in [0.5, 0.6) is 0 Å². The van der Waals surface area contributed by atoms with E-state index in [1.54, 1.807) is 0 Å². The Morgan fingerprint density at radius 1 is 1.18 bits per heavy atom. The van der Waals surface area contributed by atoms with Gasteiger partial charge in [0, 0.05) is 11.1 Å². The molecule has 3 nitrogen and oxygen atoms in total. The van der Waals surface area contributed by atoms with Gasteiger partial charge < -0.3 is 0 Å². The molecule has 0 saturated heterocycles. The van der Waals surface area contributed by atoms with Crippen molar-refractivity contribution in [1.82, 2.24) is 4.98 Å². The molecule has 22 heavy (non-hydrogen) atoms. The van der Waals surface area contributed by atoms with Gasteiger partial charge in [-0.15, -0.1) is 0 Å². The molecule has 112 valence electrons. The second-order valence-electron chi connectivity index (χ2n) is 4.33. The van der Waals surface area contributed by atoms with Gasteiger partial charge in [-0.1, -0.05) is 34.5 Å². The van der Waals surface area contributed by atoms with Crippen LogP contribution in [0.1, 0.15) is 10.4 Å². The zero-order valence-electron chi connectivity index (χ0n) is 10.7. The Morgan fingerprint density at radius 3 is 2.68 bits per heavy atom. The molecule has 0 saturated carbocycles. The molecule has 0 fully saturated rings. The number of halogens is 4. The number of fused-ring (bicyclic) bond motifs is 1. The van der Waals surface area contributed by atoms with Gasteiger partial charge in [-0.25, -0.2) is 13.8 Å². The number of carbonyl (C=O) groups excluding carboxylic acids is 1. The number of nitrogens with one attached hydrogen (secondary N) is 1. The summed E-state index contributed by atoms with van der Waals surface area (Å²) in [5.41, 5.74) is 0.209. The fourth-order valence-corrected chi connectivity index (χ4v) is 3.24. The topological polar surface area (TPSA) is 42.0 Å². The summed E-state index contributed by atoms with van der Waals surface area (Å²) in [5, 5.41) is 3.24. The van der Waals surface area contributed by atoms with Crippen LogP contribution in [0.2, 0.25) is 10.0 Å². The van der Waals surface area contributed by atoms with E-state index in [1.165, 1.54) is 18.2 Å². The van der Waals surface area contributed by atoms with Crippen LogP contribution in [0, 0.1) is 11.6 Å². The van der Waals surface area contributed by atoms with Crippen molar-refractivity contribution in [3.05, 3.63) is 57.6 Å². The van der Waals surface area contributed by atoms with Gasteiger partial charge >= 0.3 is 0 Å². The predicted octanol–water partition coefficient (Wildman–Crippen LogP) is 5.13. The van der Waals surface area contributed by atoms with Gasteiger partial charge in [-0.3, -0.25) is 10.1 Å². The molecule has 8 heteroatoms. The van der Waals surface area contributed by atoms with Gasteiger partial charge in [0.1, 0.15) is 11.3 Å². The summed E-state index contributed by atoms with van der Waals surface area (Å²) < 4.78 is 27.0. The molecule has 3 aromatic rings. The monoisotopic (exact) mass is 358 g/mol. The molecule has 1 N–H and O–H groups in total. The van der Waals surface area contributed by atoms with Crippen molar-refractivity contribution in [2.45, 2.75) is 0 Å². The molecule has 1 amide bonds. The number of hydrogen-bond acceptors (Lipinski definition) is 3. The normalized spacial score (nSPS) is 10.9. The molecule has 0 unspecified atom stereocenters. The van der Waals surface area contributed by atoms with Crippen LogP contribution in [0.15, 0.2) is 30.3 Å². The molecule has 0 aliphatic carbocycles. The Balaban J connectivity index is 1.92. The fraction of sp³-hybridized carbons (Fsp3) is 0. The first-order valence-corrected chi connectivity index (χ1v) is 7.53. The minimum absolute atomic E-state index is 0.00361. The molecule has 0 bridgehead atoms. The predicted molar refractivity (Wildman–Crippen MR) is 84.0 cm³/mol. The lowest BCUT2D eigenvalue weighted by Crippen LogP contribution is -2.12. The number of rotatable bonds is 2. The molecule has 3 rings (SSSR count). The maximum absolute atomic E-state index is 13.6. The first kappa shape index (κ1) is 15.1. The van der Waals surface area contributed by atoms with Crippen LogP contribution in [-0.2, 0) is 0 Å². The summed E-state index contributed by atoms with van der Waals surface area (Å²) in [6, 6.07) is 6.32. The third kappa shape index (κ3) is 2.90. The Kier molecular flexibility index (Phi) is 3.99. The number of benzene rings is 2. The highest BCUT2D eigenvalue weighted by Crippen LogP contribution is 2.29. The Labute approximate surface area is 137 Å². The van der Waals surface area contributed by atoms with E-state index in [0.29, 0.717) is 9.72 Å². The van der Waals surface area contributed by atoms with E-state index >= 15 is 0 Å². The smallest absolute Gasteiger partial charge is 0.258 e. The standard InChI is InChI=1S/C14H6Cl2F2N2OS/c15-6-1-2-8(9(16)3-6)13(21)20-14-19-12-10(18)4-7(17)5-11(12)22-14/h1-5H,(H,19,20,21). The number of amides is 1. The van der Waals surface area contributed by atoms with E-state index in [2.05, 4.69) is 10.3 Å². The summed E-state index contributed by atoms with van der Waals surface area (Å²) in [7, 11) is 0. The SMILES string of the molecule is O=C(Nc1nc2c(F)cc(F)cc2s1)c1ccc(Cl)cc1Cl. The van der Waals surface area contributed by atoms with E-state index in [4.69, 9.17) is 23.2 Å². The van der Waals surface area contributed by atoms with Crippen molar-refractivity contribution in [2.24, 2.45) is 0 Å². The minimum atomic E-state index is -0.781. The fourth-order valence-electron chi connectivity index (χ4n) is 1.85. The van der Waals surface area contributed by atoms with E-state index in [-0.39, 0.29) is 21.2 Å². The quantitative estimate of drug-likeness (QED) is 0.689. The molecule has 0 spiro atoms. The highest BCUT2D eigenvalue weighted by atomic mass is 35.5. The molecule has 2 aromatic carbocycles. The lowest BCUT2D eigenvalue weighted by Gasteiger charge is -2.04. The van der Waals surface area contributed by atoms with Crippen LogP contribution < -0.4 is 5.32 Å². The van der Waals surface area contributed by atoms with E-state index in [1.807, 2.05) is 0 Å². The molecule has 0 atom stereocenters. The number of carbonyl (C=O) groups is 1. The molecule has 0 aliphatic rings. The number of aromatic nitrogens is 1. The second-order valence-corrected chi connectivity index (χ2v) is 6.21. The van der Waals surface area contributed by atoms with E-state index in [0.717, 1.165) is 23.5 Å². The third-order valence-electron chi connectivity index (χ3n) is 2.81. The first-order chi connectivity index (χ1) is 10.4. The number of nitrogens with zero attached hydrogens (tertiary/aromatic N) is 1. The molecular formula is C14H6Cl2F2N2OS. The number of hydrogen-bond donors (Lipinski definition) is 1. The largest absolute Gasteiger partial charge is 0.298 e. The van der Waals surface area contributed by atoms with Gasteiger partial charge in [0.15, 0.2) is 10.9 Å². The van der Waals surface area contributed by atoms with E-state index in [9.17, 15) is 13.6 Å². The van der Waals surface area contributed by atoms with Crippen molar-refractivity contribution in [3.8, 4) is 0 Å². The molecule has 1 aromatic heterocycles. The average molecular weight is 359 g/mol. The highest BCUT2D eigenvalue weighted by molar-refractivity contribution is 7.22. The van der Waals surface area contributed by atoms with Gasteiger partial charge in [0.05, 0.1) is 15.3 Å². The molecule has 0 aliphatic heterocycles. The lowest BCUT2D eigenvalue weighted by molar-refractivity contribution is 0.102. The second kappa shape index (κ2) is 5.79. The van der Waals surface area contributed by atoms with Gasteiger partial charge in [-0.05, 0) is 24.3 Å². The maximum Gasteiger partial charge on any atom is 0.258 e. The van der Waals surface area contributed by atoms with Crippen molar-refractivity contribution in [3.63, 3.8) is 0 Å². The lowest BCUT2D eigenvalue weighted by atomic mass is 10.2. The van der Waals surface area contributed by atoms with Crippen molar-refractivity contribution >= 4 is 55.8 Å². The molecule has 0 radical (unpaired) electrons. The van der Waals surface area contributed by atoms with E-state index < -0.39 is 17.5 Å². The summed E-state index contributed by atoms with van der Waals surface area (Å²) in [4.78, 5) is 16.1. The van der Waals surface area contributed by atoms with Crippen LogP contribution in [0.3, 0.4) is 0 Å². The van der Waals surface area contributed by atoms with Crippen molar-refractivity contribution in [1.29, 1.82) is 0 Å². The summed E-state index contributed by atoms with van der Waals surface area (Å²) in [5.74, 6) is -2.00. The summed E-state index contributed by atoms with van der Waals surface area (Å²) in [6.45, 7) is 0. The van der Waals surface area contributed by atoms with Crippen molar-refractivity contribution < 1.29 is 13.6 Å². The maximum atomic E-state index is 13.6. The number of anilines is 1. The van der Waals surface area contributed by atoms with Crippen LogP contribution >= 0.6 is 34.5 Å². The van der Waals surface area contributed by atoms with Gasteiger partial charge in [0.25, 0.3) is 5.91 Å². The highest BCUT2D eigenvalue weighted by Gasteiger charge is 2.15. The molecular weight excluding hydrogens is 353 g/mol. The van der Waals surface area contributed by atoms with Crippen LogP contribution in [0.25, 0.3) is 10.2 Å². The van der Waals surface area contributed by atoms with Crippen molar-refractivity contribution in [2.75, 3.05) is 5.32 Å². The first-order valence-electron chi connectivity index (χ1n) is 5.96. The zero-order chi connectivity index (χ0) is 15.9. The molecule has 1 heterocycles. The zero-order valence-corrected chi connectivity index (χ0v) is 13.0. The summed E-state index contributed by atoms with van der Waals surface area (Å²) >= 11 is 12.7. The Hall–Kier alpha value is -1.76. The minimum Gasteiger partial charge on any atom is -0.298 e. The van der Waals surface area contributed by atoms with Gasteiger partial charge in [0.2, 0.25) is 0 Å². The van der Waals surface area contributed by atoms with Crippen LogP contribution in [0.4, 0.5) is 13.9 Å². The van der Waals surface area contributed by atoms with Gasteiger partial charge in [-0.2, -0.15) is 0 Å². The Morgan fingerprint density at radius 2 is 1.95 bits per heavy atom.